The van der Waals surface area contributed by atoms with E-state index in [-0.39, 0.29) is 6.54 Å². The van der Waals surface area contributed by atoms with Crippen LogP contribution in [0.4, 0.5) is 5.69 Å². The third-order valence-electron chi connectivity index (χ3n) is 2.67. The number of rotatable bonds is 7. The first-order valence-corrected chi connectivity index (χ1v) is 5.95. The molecule has 0 saturated heterocycles. The Labute approximate surface area is 107 Å². The number of anilines is 1. The number of ketones is 1. The van der Waals surface area contributed by atoms with Gasteiger partial charge in [-0.3, -0.25) is 9.59 Å². The average molecular weight is 244 g/mol. The minimum Gasteiger partial charge on any atom is -0.306 e. The summed E-state index contributed by atoms with van der Waals surface area (Å²) in [7, 11) is 0. The van der Waals surface area contributed by atoms with Crippen LogP contribution in [0.15, 0.2) is 24.3 Å². The van der Waals surface area contributed by atoms with Crippen LogP contribution < -0.4 is 4.90 Å². The van der Waals surface area contributed by atoms with Crippen molar-refractivity contribution in [2.24, 2.45) is 0 Å². The average Bonchev–Trinajstić information content (AvgIpc) is 2.42. The number of nitrogens with zero attached hydrogens (tertiary/aromatic N) is 2. The van der Waals surface area contributed by atoms with Crippen LogP contribution in [0, 0.1) is 11.3 Å². The van der Waals surface area contributed by atoms with Gasteiger partial charge in [-0.25, -0.2) is 0 Å². The lowest BCUT2D eigenvalue weighted by molar-refractivity contribution is -0.115. The number of unbranched alkanes of at least 4 members (excludes halogenated alkanes) is 1. The summed E-state index contributed by atoms with van der Waals surface area (Å²) >= 11 is 0. The first-order chi connectivity index (χ1) is 8.72. The molecular formula is C14H16N2O2. The van der Waals surface area contributed by atoms with Crippen molar-refractivity contribution in [1.29, 1.82) is 5.26 Å². The molecule has 1 amide bonds. The second-order valence-corrected chi connectivity index (χ2v) is 4.00. The quantitative estimate of drug-likeness (QED) is 0.545. The normalized spacial score (nSPS) is 9.56. The van der Waals surface area contributed by atoms with Crippen molar-refractivity contribution in [3.8, 4) is 6.07 Å². The highest BCUT2D eigenvalue weighted by molar-refractivity contribution is 6.00. The highest BCUT2D eigenvalue weighted by Gasteiger charge is 2.13. The van der Waals surface area contributed by atoms with E-state index in [1.807, 2.05) is 18.2 Å². The van der Waals surface area contributed by atoms with Gasteiger partial charge in [0.2, 0.25) is 6.41 Å². The van der Waals surface area contributed by atoms with Gasteiger partial charge >= 0.3 is 0 Å². The Bertz CT molecular complexity index is 463. The summed E-state index contributed by atoms with van der Waals surface area (Å²) in [5.74, 6) is -0.618. The lowest BCUT2D eigenvalue weighted by Gasteiger charge is -2.18. The molecule has 0 spiro atoms. The Kier molecular flexibility index (Phi) is 5.59. The fraction of sp³-hybridized carbons (Fsp3) is 0.357. The van der Waals surface area contributed by atoms with E-state index >= 15 is 0 Å². The molecular weight excluding hydrogens is 228 g/mol. The molecule has 1 rings (SSSR count). The Hall–Kier alpha value is -2.15. The van der Waals surface area contributed by atoms with Crippen molar-refractivity contribution < 1.29 is 9.59 Å². The van der Waals surface area contributed by atoms with E-state index in [1.165, 1.54) is 11.0 Å². The van der Waals surface area contributed by atoms with Gasteiger partial charge in [0, 0.05) is 5.69 Å². The van der Waals surface area contributed by atoms with Crippen molar-refractivity contribution in [3.63, 3.8) is 0 Å². The predicted molar refractivity (Wildman–Crippen MR) is 69.1 cm³/mol. The van der Waals surface area contributed by atoms with Gasteiger partial charge in [0.15, 0.2) is 0 Å². The van der Waals surface area contributed by atoms with Crippen molar-refractivity contribution in [2.75, 3.05) is 11.4 Å². The Morgan fingerprint density at radius 3 is 2.78 bits per heavy atom. The molecule has 1 aromatic carbocycles. The highest BCUT2D eigenvalue weighted by Crippen LogP contribution is 2.21. The number of para-hydroxylation sites is 1. The number of hydrogen-bond donors (Lipinski definition) is 0. The molecule has 94 valence electrons. The summed E-state index contributed by atoms with van der Waals surface area (Å²) in [5, 5.41) is 8.49. The molecule has 4 nitrogen and oxygen atoms in total. The fourth-order valence-corrected chi connectivity index (χ4v) is 1.74. The Morgan fingerprint density at radius 1 is 1.44 bits per heavy atom. The Morgan fingerprint density at radius 2 is 2.17 bits per heavy atom. The maximum atomic E-state index is 11.1. The summed E-state index contributed by atoms with van der Waals surface area (Å²) in [6.07, 6.45) is 3.54. The first kappa shape index (κ1) is 13.9. The van der Waals surface area contributed by atoms with E-state index in [0.717, 1.165) is 24.8 Å². The number of Topliss-reactive ketones (excluding diaryl/α,β-unsaturated/α-hetero) is 1. The minimum absolute atomic E-state index is 0.191. The topological polar surface area (TPSA) is 61.2 Å². The summed E-state index contributed by atoms with van der Waals surface area (Å²) in [5.41, 5.74) is 1.74. The maximum Gasteiger partial charge on any atom is 0.251 e. The molecule has 0 aliphatic rings. The second-order valence-electron chi connectivity index (χ2n) is 4.00. The lowest BCUT2D eigenvalue weighted by Crippen LogP contribution is -2.28. The van der Waals surface area contributed by atoms with Crippen LogP contribution in [0.2, 0.25) is 0 Å². The molecule has 0 saturated carbocycles. The van der Waals surface area contributed by atoms with E-state index < -0.39 is 5.78 Å². The number of carbonyl (C=O) groups is 2. The molecule has 0 bridgehead atoms. The molecule has 0 aromatic heterocycles. The van der Waals surface area contributed by atoms with Crippen molar-refractivity contribution in [2.45, 2.75) is 26.2 Å². The zero-order valence-corrected chi connectivity index (χ0v) is 10.4. The van der Waals surface area contributed by atoms with Gasteiger partial charge in [0.1, 0.15) is 6.07 Å². The third-order valence-corrected chi connectivity index (χ3v) is 2.67. The van der Waals surface area contributed by atoms with Gasteiger partial charge in [-0.05, 0) is 24.5 Å². The van der Waals surface area contributed by atoms with Crippen LogP contribution >= 0.6 is 0 Å². The van der Waals surface area contributed by atoms with Gasteiger partial charge < -0.3 is 4.90 Å². The van der Waals surface area contributed by atoms with Crippen molar-refractivity contribution in [1.82, 2.24) is 0 Å². The number of hydrogen-bond acceptors (Lipinski definition) is 3. The molecule has 0 N–H and O–H groups in total. The summed E-state index contributed by atoms with van der Waals surface area (Å²) in [6.45, 7) is 1.91. The summed E-state index contributed by atoms with van der Waals surface area (Å²) in [4.78, 5) is 23.5. The van der Waals surface area contributed by atoms with Crippen LogP contribution in [-0.4, -0.2) is 18.7 Å². The standard InChI is InChI=1S/C14H16N2O2/c1-2-3-6-12-7-4-5-8-14(12)16(11-17)10-13(18)9-15/h4-5,7-8,11H,2-3,6,10H2,1H3. The molecule has 18 heavy (non-hydrogen) atoms. The van der Waals surface area contributed by atoms with Crippen molar-refractivity contribution in [3.05, 3.63) is 29.8 Å². The molecule has 0 aliphatic heterocycles. The smallest absolute Gasteiger partial charge is 0.251 e. The number of carbonyl (C=O) groups excluding carboxylic acids is 2. The van der Waals surface area contributed by atoms with Gasteiger partial charge in [0.05, 0.1) is 6.54 Å². The van der Waals surface area contributed by atoms with Gasteiger partial charge in [-0.1, -0.05) is 31.5 Å². The van der Waals surface area contributed by atoms with E-state index in [0.29, 0.717) is 12.1 Å². The van der Waals surface area contributed by atoms with E-state index in [2.05, 4.69) is 6.92 Å². The van der Waals surface area contributed by atoms with Crippen LogP contribution in [-0.2, 0) is 16.0 Å². The number of amides is 1. The largest absolute Gasteiger partial charge is 0.306 e. The van der Waals surface area contributed by atoms with Crippen LogP contribution in [0.1, 0.15) is 25.3 Å². The van der Waals surface area contributed by atoms with E-state index in [4.69, 9.17) is 5.26 Å². The monoisotopic (exact) mass is 244 g/mol. The third kappa shape index (κ3) is 3.70. The summed E-state index contributed by atoms with van der Waals surface area (Å²) < 4.78 is 0. The Balaban J connectivity index is 2.94. The first-order valence-electron chi connectivity index (χ1n) is 5.95. The van der Waals surface area contributed by atoms with Gasteiger partial charge in [-0.2, -0.15) is 5.26 Å². The molecule has 0 atom stereocenters. The predicted octanol–water partition coefficient (Wildman–Crippen LogP) is 2.08. The molecule has 1 aromatic rings. The highest BCUT2D eigenvalue weighted by atomic mass is 16.1. The van der Waals surface area contributed by atoms with Crippen LogP contribution in [0.25, 0.3) is 0 Å². The second kappa shape index (κ2) is 7.23. The van der Waals surface area contributed by atoms with E-state index in [1.54, 1.807) is 6.07 Å². The number of benzene rings is 1. The molecule has 0 radical (unpaired) electrons. The number of aryl methyl sites for hydroxylation is 1. The van der Waals surface area contributed by atoms with Crippen LogP contribution in [0.5, 0.6) is 0 Å². The number of nitriles is 1. The fourth-order valence-electron chi connectivity index (χ4n) is 1.74. The van der Waals surface area contributed by atoms with Crippen molar-refractivity contribution >= 4 is 17.9 Å². The van der Waals surface area contributed by atoms with Gasteiger partial charge in [0.25, 0.3) is 5.78 Å². The zero-order chi connectivity index (χ0) is 13.4. The van der Waals surface area contributed by atoms with Crippen LogP contribution in [0.3, 0.4) is 0 Å². The van der Waals surface area contributed by atoms with Gasteiger partial charge in [-0.15, -0.1) is 0 Å². The summed E-state index contributed by atoms with van der Waals surface area (Å²) in [6, 6.07) is 8.99. The molecule has 0 fully saturated rings. The molecule has 4 heteroatoms. The molecule has 0 aliphatic carbocycles. The minimum atomic E-state index is -0.618. The van der Waals surface area contributed by atoms with E-state index in [9.17, 15) is 9.59 Å². The molecule has 0 heterocycles. The zero-order valence-electron chi connectivity index (χ0n) is 10.4. The lowest BCUT2D eigenvalue weighted by atomic mass is 10.1. The molecule has 0 unspecified atom stereocenters. The SMILES string of the molecule is CCCCc1ccccc1N(C=O)CC(=O)C#N. The maximum absolute atomic E-state index is 11.1.